The minimum Gasteiger partial charge on any atom is -0.207 e. The summed E-state index contributed by atoms with van der Waals surface area (Å²) in [6.45, 7) is 3.95. The van der Waals surface area contributed by atoms with E-state index in [1.807, 2.05) is 13.8 Å². The molecule has 14 heavy (non-hydrogen) atoms. The summed E-state index contributed by atoms with van der Waals surface area (Å²) in [5, 5.41) is 0. The Morgan fingerprint density at radius 2 is 1.93 bits per heavy atom. The van der Waals surface area contributed by atoms with Gasteiger partial charge in [-0.25, -0.2) is 8.78 Å². The van der Waals surface area contributed by atoms with Crippen LogP contribution < -0.4 is 0 Å². The Labute approximate surface area is 91.5 Å². The van der Waals surface area contributed by atoms with E-state index < -0.39 is 11.6 Å². The van der Waals surface area contributed by atoms with Crippen molar-refractivity contribution < 1.29 is 8.78 Å². The lowest BCUT2D eigenvalue weighted by molar-refractivity contribution is 0.551. The molecular formula is C11H13BrF2. The molecule has 0 nitrogen and oxygen atoms in total. The molecule has 1 rings (SSSR count). The third-order valence-electron chi connectivity index (χ3n) is 2.17. The highest BCUT2D eigenvalue weighted by Crippen LogP contribution is 2.25. The molecule has 0 saturated carbocycles. The third-order valence-corrected chi connectivity index (χ3v) is 2.55. The zero-order valence-electron chi connectivity index (χ0n) is 8.23. The number of hydrogen-bond donors (Lipinski definition) is 0. The van der Waals surface area contributed by atoms with E-state index >= 15 is 0 Å². The molecule has 1 aromatic rings. The van der Waals surface area contributed by atoms with Crippen LogP contribution in [0.25, 0.3) is 0 Å². The van der Waals surface area contributed by atoms with Gasteiger partial charge in [0.2, 0.25) is 0 Å². The van der Waals surface area contributed by atoms with Crippen LogP contribution in [0.4, 0.5) is 8.78 Å². The normalized spacial score (nSPS) is 15.2. The van der Waals surface area contributed by atoms with Crippen LogP contribution in [0.5, 0.6) is 0 Å². The van der Waals surface area contributed by atoms with Crippen LogP contribution in [0.2, 0.25) is 0 Å². The second-order valence-corrected chi connectivity index (χ2v) is 5.15. The quantitative estimate of drug-likeness (QED) is 0.715. The van der Waals surface area contributed by atoms with E-state index in [1.165, 1.54) is 12.1 Å². The molecule has 0 spiro atoms. The monoisotopic (exact) mass is 262 g/mol. The Morgan fingerprint density at radius 1 is 1.29 bits per heavy atom. The number of halogens is 3. The number of hydrogen-bond acceptors (Lipinski definition) is 0. The van der Waals surface area contributed by atoms with Gasteiger partial charge in [0.1, 0.15) is 11.6 Å². The lowest BCUT2D eigenvalue weighted by atomic mass is 9.96. The molecule has 0 saturated heterocycles. The fourth-order valence-electron chi connectivity index (χ4n) is 1.52. The average molecular weight is 263 g/mol. The van der Waals surface area contributed by atoms with Crippen LogP contribution in [-0.4, -0.2) is 4.83 Å². The Morgan fingerprint density at radius 3 is 2.43 bits per heavy atom. The van der Waals surface area contributed by atoms with Gasteiger partial charge < -0.3 is 0 Å². The van der Waals surface area contributed by atoms with Gasteiger partial charge in [-0.1, -0.05) is 35.8 Å². The fourth-order valence-corrected chi connectivity index (χ4v) is 2.08. The van der Waals surface area contributed by atoms with Crippen molar-refractivity contribution in [1.29, 1.82) is 0 Å². The fraction of sp³-hybridized carbons (Fsp3) is 0.455. The maximum Gasteiger partial charge on any atom is 0.129 e. The molecule has 0 heterocycles. The van der Waals surface area contributed by atoms with E-state index in [9.17, 15) is 8.78 Å². The van der Waals surface area contributed by atoms with Crippen molar-refractivity contribution in [2.75, 3.05) is 0 Å². The molecular weight excluding hydrogens is 250 g/mol. The maximum atomic E-state index is 13.3. The molecule has 0 aliphatic carbocycles. The molecule has 2 atom stereocenters. The minimum absolute atomic E-state index is 0.102. The molecule has 2 unspecified atom stereocenters. The molecule has 78 valence electrons. The lowest BCUT2D eigenvalue weighted by Crippen LogP contribution is -2.03. The van der Waals surface area contributed by atoms with E-state index in [1.54, 1.807) is 0 Å². The number of benzene rings is 1. The highest BCUT2D eigenvalue weighted by Gasteiger charge is 2.13. The minimum atomic E-state index is -0.523. The third kappa shape index (κ3) is 3.05. The van der Waals surface area contributed by atoms with Gasteiger partial charge in [0.15, 0.2) is 0 Å². The van der Waals surface area contributed by atoms with Gasteiger partial charge in [0.05, 0.1) is 0 Å². The first-order chi connectivity index (χ1) is 6.50. The summed E-state index contributed by atoms with van der Waals surface area (Å²) in [5.41, 5.74) is 0.581. The van der Waals surface area contributed by atoms with E-state index in [-0.39, 0.29) is 5.92 Å². The number of alkyl halides is 1. The van der Waals surface area contributed by atoms with E-state index in [0.29, 0.717) is 10.4 Å². The lowest BCUT2D eigenvalue weighted by Gasteiger charge is -2.14. The Kier molecular flexibility index (Phi) is 4.05. The van der Waals surface area contributed by atoms with Crippen molar-refractivity contribution in [2.45, 2.75) is 31.0 Å². The SMILES string of the molecule is CC(Br)CC(C)c1ccc(F)cc1F. The van der Waals surface area contributed by atoms with Gasteiger partial charge in [-0.15, -0.1) is 0 Å². The summed E-state index contributed by atoms with van der Waals surface area (Å²) in [5.74, 6) is -0.874. The summed E-state index contributed by atoms with van der Waals surface area (Å²) in [7, 11) is 0. The molecule has 0 bridgehead atoms. The summed E-state index contributed by atoms with van der Waals surface area (Å²) in [4.78, 5) is 0.335. The Balaban J connectivity index is 2.84. The molecule has 0 radical (unpaired) electrons. The van der Waals surface area contributed by atoms with Crippen molar-refractivity contribution in [3.8, 4) is 0 Å². The first-order valence-electron chi connectivity index (χ1n) is 4.59. The van der Waals surface area contributed by atoms with Crippen LogP contribution in [0.3, 0.4) is 0 Å². The van der Waals surface area contributed by atoms with Crippen molar-refractivity contribution >= 4 is 15.9 Å². The zero-order chi connectivity index (χ0) is 10.7. The van der Waals surface area contributed by atoms with Crippen LogP contribution >= 0.6 is 15.9 Å². The molecule has 0 aliphatic heterocycles. The second-order valence-electron chi connectivity index (χ2n) is 3.58. The van der Waals surface area contributed by atoms with Crippen molar-refractivity contribution in [3.63, 3.8) is 0 Å². The van der Waals surface area contributed by atoms with E-state index in [0.717, 1.165) is 12.5 Å². The van der Waals surface area contributed by atoms with Crippen LogP contribution in [-0.2, 0) is 0 Å². The van der Waals surface area contributed by atoms with Crippen LogP contribution in [0.15, 0.2) is 18.2 Å². The van der Waals surface area contributed by atoms with Crippen LogP contribution in [0, 0.1) is 11.6 Å². The zero-order valence-corrected chi connectivity index (χ0v) is 9.81. The first kappa shape index (κ1) is 11.6. The highest BCUT2D eigenvalue weighted by atomic mass is 79.9. The predicted molar refractivity (Wildman–Crippen MR) is 57.8 cm³/mol. The summed E-state index contributed by atoms with van der Waals surface area (Å²) in [6.07, 6.45) is 0.836. The molecule has 0 fully saturated rings. The Hall–Kier alpha value is -0.440. The predicted octanol–water partition coefficient (Wildman–Crippen LogP) is 4.24. The molecule has 0 aromatic heterocycles. The smallest absolute Gasteiger partial charge is 0.129 e. The molecule has 3 heteroatoms. The number of rotatable bonds is 3. The highest BCUT2D eigenvalue weighted by molar-refractivity contribution is 9.09. The molecule has 0 N–H and O–H groups in total. The maximum absolute atomic E-state index is 13.3. The molecule has 1 aromatic carbocycles. The molecule has 0 amide bonds. The molecule has 0 aliphatic rings. The summed E-state index contributed by atoms with van der Waals surface area (Å²) >= 11 is 3.41. The summed E-state index contributed by atoms with van der Waals surface area (Å²) in [6, 6.07) is 3.75. The van der Waals surface area contributed by atoms with Crippen molar-refractivity contribution in [1.82, 2.24) is 0 Å². The van der Waals surface area contributed by atoms with Gasteiger partial charge >= 0.3 is 0 Å². The summed E-state index contributed by atoms with van der Waals surface area (Å²) < 4.78 is 25.9. The van der Waals surface area contributed by atoms with Gasteiger partial charge in [-0.05, 0) is 24.0 Å². The van der Waals surface area contributed by atoms with Gasteiger partial charge in [0.25, 0.3) is 0 Å². The average Bonchev–Trinajstić information content (AvgIpc) is 2.01. The second kappa shape index (κ2) is 4.87. The van der Waals surface area contributed by atoms with Gasteiger partial charge in [0, 0.05) is 10.9 Å². The Bertz CT molecular complexity index is 310. The first-order valence-corrected chi connectivity index (χ1v) is 5.51. The largest absolute Gasteiger partial charge is 0.207 e. The standard InChI is InChI=1S/C11H13BrF2/c1-7(5-8(2)12)10-4-3-9(13)6-11(10)14/h3-4,6-8H,5H2,1-2H3. The van der Waals surface area contributed by atoms with Crippen molar-refractivity contribution in [3.05, 3.63) is 35.4 Å². The topological polar surface area (TPSA) is 0 Å². The van der Waals surface area contributed by atoms with Crippen molar-refractivity contribution in [2.24, 2.45) is 0 Å². The van der Waals surface area contributed by atoms with Gasteiger partial charge in [-0.3, -0.25) is 0 Å². The van der Waals surface area contributed by atoms with E-state index in [4.69, 9.17) is 0 Å². The van der Waals surface area contributed by atoms with Gasteiger partial charge in [-0.2, -0.15) is 0 Å². The van der Waals surface area contributed by atoms with E-state index in [2.05, 4.69) is 15.9 Å². The van der Waals surface area contributed by atoms with Crippen LogP contribution in [0.1, 0.15) is 31.7 Å².